The molecule has 0 aliphatic carbocycles. The molecule has 0 spiro atoms. The van der Waals surface area contributed by atoms with E-state index >= 15 is 0 Å². The van der Waals surface area contributed by atoms with Crippen molar-refractivity contribution >= 4 is 27.6 Å². The normalized spacial score (nSPS) is 10.6. The van der Waals surface area contributed by atoms with Crippen molar-refractivity contribution in [1.29, 1.82) is 0 Å². The van der Waals surface area contributed by atoms with Gasteiger partial charge in [-0.25, -0.2) is 0 Å². The van der Waals surface area contributed by atoms with Crippen LogP contribution >= 0.6 is 0 Å². The molecule has 0 amide bonds. The Morgan fingerprint density at radius 2 is 0.904 bits per heavy atom. The Labute approximate surface area is 318 Å². The summed E-state index contributed by atoms with van der Waals surface area (Å²) < 4.78 is 0. The summed E-state index contributed by atoms with van der Waals surface area (Å²) in [7, 11) is 0. The van der Waals surface area contributed by atoms with Crippen LogP contribution in [-0.4, -0.2) is 20.9 Å². The maximum atomic E-state index is 10.0. The Morgan fingerprint density at radius 1 is 0.500 bits per heavy atom. The van der Waals surface area contributed by atoms with Gasteiger partial charge < -0.3 is 5.11 Å². The molecule has 0 aliphatic heterocycles. The first-order valence-corrected chi connectivity index (χ1v) is 16.7. The van der Waals surface area contributed by atoms with Gasteiger partial charge in [0.1, 0.15) is 0 Å². The monoisotopic (exact) mass is 853 g/mol. The van der Waals surface area contributed by atoms with Gasteiger partial charge in [0.25, 0.3) is 0 Å². The molecule has 1 N–H and O–H groups in total. The molecule has 8 rings (SSSR count). The van der Waals surface area contributed by atoms with Crippen LogP contribution in [-0.2, 0) is 24.9 Å². The third-order valence-electron chi connectivity index (χ3n) is 8.00. The minimum Gasteiger partial charge on any atom is -0.512 e. The number of aliphatic hydroxyl groups is 1. The van der Waals surface area contributed by atoms with Crippen LogP contribution in [0, 0.1) is 12.1 Å². The molecule has 8 aromatic rings. The summed E-state index contributed by atoms with van der Waals surface area (Å²) in [6.45, 7) is 2.85. The molecular formula is C47H36IrN2O2-2. The van der Waals surface area contributed by atoms with Crippen molar-refractivity contribution in [1.82, 2.24) is 9.97 Å². The standard InChI is InChI=1S/2C21H14N.C5H8O2.Ir/c2*1-2-6-16(7-3-1)17-10-12-19(13-11-17)21-15-14-18-8-4-5-9-20(18)22-21;1-4(6)3-5(2)7;/h2*1-12,14-15H;3,6H,1-2H3;/q2*-1;;/b;;4-3-;. The topological polar surface area (TPSA) is 63.1 Å². The number of benzene rings is 6. The first kappa shape index (κ1) is 37.3. The van der Waals surface area contributed by atoms with Crippen LogP contribution in [0.15, 0.2) is 182 Å². The molecule has 4 nitrogen and oxygen atoms in total. The fourth-order valence-corrected chi connectivity index (χ4v) is 5.51. The number of hydrogen-bond donors (Lipinski definition) is 1. The van der Waals surface area contributed by atoms with Gasteiger partial charge in [0.2, 0.25) is 0 Å². The van der Waals surface area contributed by atoms with Crippen LogP contribution in [0.2, 0.25) is 0 Å². The van der Waals surface area contributed by atoms with E-state index in [1.54, 1.807) is 0 Å². The molecule has 0 fully saturated rings. The molecule has 2 aromatic heterocycles. The number of hydrogen-bond acceptors (Lipinski definition) is 4. The minimum atomic E-state index is -0.125. The van der Waals surface area contributed by atoms with Crippen molar-refractivity contribution in [3.8, 4) is 44.8 Å². The number of pyridine rings is 2. The average Bonchev–Trinajstić information content (AvgIpc) is 3.18. The quantitative estimate of drug-likeness (QED) is 0.106. The predicted molar refractivity (Wildman–Crippen MR) is 210 cm³/mol. The van der Waals surface area contributed by atoms with E-state index in [-0.39, 0.29) is 31.6 Å². The van der Waals surface area contributed by atoms with Crippen molar-refractivity contribution in [3.63, 3.8) is 0 Å². The fourth-order valence-electron chi connectivity index (χ4n) is 5.51. The molecule has 0 unspecified atom stereocenters. The zero-order valence-electron chi connectivity index (χ0n) is 28.8. The van der Waals surface area contributed by atoms with Crippen LogP contribution in [0.25, 0.3) is 66.6 Å². The van der Waals surface area contributed by atoms with Gasteiger partial charge >= 0.3 is 0 Å². The summed E-state index contributed by atoms with van der Waals surface area (Å²) in [6, 6.07) is 64.5. The Bertz CT molecular complexity index is 2230. The van der Waals surface area contributed by atoms with Crippen molar-refractivity contribution in [3.05, 3.63) is 194 Å². The third-order valence-corrected chi connectivity index (χ3v) is 8.00. The van der Waals surface area contributed by atoms with E-state index in [0.29, 0.717) is 0 Å². The zero-order chi connectivity index (χ0) is 35.4. The number of ketones is 1. The fraction of sp³-hybridized carbons (Fsp3) is 0.0426. The van der Waals surface area contributed by atoms with Gasteiger partial charge in [-0.05, 0) is 48.1 Å². The first-order chi connectivity index (χ1) is 24.9. The number of carbonyl (C=O) groups is 1. The largest absolute Gasteiger partial charge is 0.512 e. The van der Waals surface area contributed by atoms with Crippen molar-refractivity contribution in [2.45, 2.75) is 13.8 Å². The maximum absolute atomic E-state index is 10.0. The molecule has 257 valence electrons. The van der Waals surface area contributed by atoms with Crippen molar-refractivity contribution in [2.24, 2.45) is 0 Å². The number of nitrogens with zero attached hydrogens (tertiary/aromatic N) is 2. The molecule has 6 aromatic carbocycles. The molecule has 2 heterocycles. The number of fused-ring (bicyclic) bond motifs is 2. The Balaban J connectivity index is 0.000000168. The van der Waals surface area contributed by atoms with Gasteiger partial charge in [-0.2, -0.15) is 0 Å². The summed E-state index contributed by atoms with van der Waals surface area (Å²) in [5.41, 5.74) is 10.7. The minimum absolute atomic E-state index is 0. The maximum Gasteiger partial charge on any atom is 0.155 e. The van der Waals surface area contributed by atoms with Crippen LogP contribution in [0.5, 0.6) is 0 Å². The van der Waals surface area contributed by atoms with E-state index in [1.807, 2.05) is 84.9 Å². The molecule has 5 heteroatoms. The second kappa shape index (κ2) is 18.3. The molecular weight excluding hydrogens is 817 g/mol. The van der Waals surface area contributed by atoms with Crippen LogP contribution in [0.1, 0.15) is 13.8 Å². The number of aromatic nitrogens is 2. The molecule has 52 heavy (non-hydrogen) atoms. The van der Waals surface area contributed by atoms with Gasteiger partial charge in [0.05, 0.1) is 16.8 Å². The number of carbonyl (C=O) groups excluding carboxylic acids is 1. The van der Waals surface area contributed by atoms with E-state index in [1.165, 1.54) is 42.2 Å². The number of allylic oxidation sites excluding steroid dienone is 2. The molecule has 0 aliphatic rings. The van der Waals surface area contributed by atoms with Crippen molar-refractivity contribution < 1.29 is 30.0 Å². The first-order valence-electron chi connectivity index (χ1n) is 16.7. The number of rotatable bonds is 5. The average molecular weight is 853 g/mol. The summed E-state index contributed by atoms with van der Waals surface area (Å²) in [5.74, 6) is -0.0625. The Morgan fingerprint density at radius 3 is 1.25 bits per heavy atom. The molecule has 0 saturated carbocycles. The van der Waals surface area contributed by atoms with Gasteiger partial charge in [-0.1, -0.05) is 144 Å². The predicted octanol–water partition coefficient (Wildman–Crippen LogP) is 11.8. The van der Waals surface area contributed by atoms with Gasteiger partial charge in [0, 0.05) is 26.2 Å². The summed E-state index contributed by atoms with van der Waals surface area (Å²) in [4.78, 5) is 19.5. The Hall–Kier alpha value is -6.00. The summed E-state index contributed by atoms with van der Waals surface area (Å²) in [5, 5.41) is 10.7. The van der Waals surface area contributed by atoms with E-state index in [9.17, 15) is 4.79 Å². The molecule has 0 saturated heterocycles. The van der Waals surface area contributed by atoms with Crippen molar-refractivity contribution in [2.75, 3.05) is 0 Å². The van der Waals surface area contributed by atoms with E-state index in [4.69, 9.17) is 15.1 Å². The molecule has 1 radical (unpaired) electrons. The van der Waals surface area contributed by atoms with E-state index < -0.39 is 0 Å². The van der Waals surface area contributed by atoms with E-state index in [0.717, 1.165) is 44.3 Å². The second-order valence-corrected chi connectivity index (χ2v) is 11.9. The summed E-state index contributed by atoms with van der Waals surface area (Å²) >= 11 is 0. The van der Waals surface area contributed by atoms with Crippen LogP contribution < -0.4 is 0 Å². The SMILES string of the molecule is CC(=O)/C=C(/C)O.[Ir].[c-]1cc(-c2ccccc2)ccc1-c1ccc2ccccc2n1.[c-]1cc(-c2ccccc2)ccc1-c1ccc2ccccc2n1. The smallest absolute Gasteiger partial charge is 0.155 e. The van der Waals surface area contributed by atoms with Gasteiger partial charge in [-0.15, -0.1) is 59.7 Å². The molecule has 0 bridgehead atoms. The number of para-hydroxylation sites is 2. The third kappa shape index (κ3) is 10.0. The molecule has 0 atom stereocenters. The van der Waals surface area contributed by atoms with Gasteiger partial charge in [0.15, 0.2) is 5.78 Å². The van der Waals surface area contributed by atoms with Gasteiger partial charge in [-0.3, -0.25) is 14.8 Å². The van der Waals surface area contributed by atoms with Crippen LogP contribution in [0.3, 0.4) is 0 Å². The zero-order valence-corrected chi connectivity index (χ0v) is 31.2. The van der Waals surface area contributed by atoms with E-state index in [2.05, 4.69) is 97.1 Å². The number of aliphatic hydroxyl groups excluding tert-OH is 1. The Kier molecular flexibility index (Phi) is 13.1. The summed E-state index contributed by atoms with van der Waals surface area (Å²) in [6.07, 6.45) is 1.17. The van der Waals surface area contributed by atoms with Crippen LogP contribution in [0.4, 0.5) is 0 Å². The second-order valence-electron chi connectivity index (χ2n) is 11.9.